The van der Waals surface area contributed by atoms with Crippen molar-refractivity contribution in [3.05, 3.63) is 64.2 Å². The lowest BCUT2D eigenvalue weighted by atomic mass is 9.97. The van der Waals surface area contributed by atoms with Gasteiger partial charge in [0.05, 0.1) is 5.56 Å². The summed E-state index contributed by atoms with van der Waals surface area (Å²) in [4.78, 5) is 25.2. The summed E-state index contributed by atoms with van der Waals surface area (Å²) in [5, 5.41) is 8.67. The van der Waals surface area contributed by atoms with Crippen LogP contribution in [0.15, 0.2) is 41.3 Å². The third kappa shape index (κ3) is 2.65. The highest BCUT2D eigenvalue weighted by molar-refractivity contribution is 7.98. The van der Waals surface area contributed by atoms with Crippen molar-refractivity contribution in [1.29, 1.82) is 0 Å². The van der Waals surface area contributed by atoms with Crippen LogP contribution in [0.2, 0.25) is 0 Å². The van der Waals surface area contributed by atoms with E-state index < -0.39 is 12.8 Å². The summed E-state index contributed by atoms with van der Waals surface area (Å²) in [6.45, 7) is 1.30. The van der Waals surface area contributed by atoms with Crippen LogP contribution in [-0.2, 0) is 10.5 Å². The molecule has 0 spiro atoms. The van der Waals surface area contributed by atoms with E-state index in [1.54, 1.807) is 18.2 Å². The summed E-state index contributed by atoms with van der Waals surface area (Å²) < 4.78 is 4.58. The molecule has 1 heterocycles. The van der Waals surface area contributed by atoms with Gasteiger partial charge in [0, 0.05) is 21.8 Å². The number of hydrogen-bond acceptors (Lipinski definition) is 5. The van der Waals surface area contributed by atoms with E-state index >= 15 is 0 Å². The summed E-state index contributed by atoms with van der Waals surface area (Å²) >= 11 is 1.52. The van der Waals surface area contributed by atoms with E-state index in [1.165, 1.54) is 11.8 Å². The minimum Gasteiger partial charge on any atom is -0.435 e. The smallest absolute Gasteiger partial charge is 0.340 e. The van der Waals surface area contributed by atoms with Crippen molar-refractivity contribution in [2.24, 2.45) is 0 Å². The van der Waals surface area contributed by atoms with Crippen molar-refractivity contribution in [2.45, 2.75) is 17.6 Å². The van der Waals surface area contributed by atoms with Gasteiger partial charge < -0.3 is 9.84 Å². The molecule has 0 saturated carbocycles. The number of carbonyl (C=O) groups excluding carboxylic acids is 2. The molecule has 0 saturated heterocycles. The predicted octanol–water partition coefficient (Wildman–Crippen LogP) is 2.94. The lowest BCUT2D eigenvalue weighted by Gasteiger charge is -2.07. The second-order valence-electron chi connectivity index (χ2n) is 5.05. The second-order valence-corrected chi connectivity index (χ2v) is 6.07. The van der Waals surface area contributed by atoms with Crippen LogP contribution in [0, 0.1) is 6.92 Å². The minimum absolute atomic E-state index is 0.0271. The Morgan fingerprint density at radius 1 is 1.23 bits per heavy atom. The van der Waals surface area contributed by atoms with Crippen molar-refractivity contribution in [1.82, 2.24) is 0 Å². The van der Waals surface area contributed by atoms with E-state index in [0.717, 1.165) is 21.6 Å². The lowest BCUT2D eigenvalue weighted by molar-refractivity contribution is 0.00679. The van der Waals surface area contributed by atoms with Gasteiger partial charge in [-0.3, -0.25) is 4.79 Å². The summed E-state index contributed by atoms with van der Waals surface area (Å²) in [6.07, 6.45) is 0. The molecule has 2 aromatic rings. The van der Waals surface area contributed by atoms with Crippen molar-refractivity contribution < 1.29 is 19.4 Å². The molecular formula is C17H14O4S. The lowest BCUT2D eigenvalue weighted by Crippen LogP contribution is -2.08. The van der Waals surface area contributed by atoms with Gasteiger partial charge in [0.2, 0.25) is 0 Å². The zero-order valence-corrected chi connectivity index (χ0v) is 12.8. The Labute approximate surface area is 132 Å². The zero-order valence-electron chi connectivity index (χ0n) is 12.0. The number of aliphatic hydroxyl groups excluding tert-OH is 1. The maximum absolute atomic E-state index is 12.7. The van der Waals surface area contributed by atoms with Gasteiger partial charge in [0.1, 0.15) is 0 Å². The number of aryl methyl sites for hydroxylation is 1. The van der Waals surface area contributed by atoms with Crippen LogP contribution in [0.4, 0.5) is 0 Å². The molecule has 0 amide bonds. The molecule has 0 bridgehead atoms. The molecule has 1 N–H and O–H groups in total. The first-order valence-corrected chi connectivity index (χ1v) is 7.78. The van der Waals surface area contributed by atoms with E-state index in [0.29, 0.717) is 16.9 Å². The Kier molecular flexibility index (Phi) is 4.00. The van der Waals surface area contributed by atoms with Crippen LogP contribution in [0.25, 0.3) is 0 Å². The fourth-order valence-corrected chi connectivity index (χ4v) is 3.52. The Morgan fingerprint density at radius 3 is 2.82 bits per heavy atom. The second kappa shape index (κ2) is 5.94. The summed E-state index contributed by atoms with van der Waals surface area (Å²) in [5.41, 5.74) is 3.68. The molecule has 3 rings (SSSR count). The standard InChI is InChI=1S/C17H14O4S/c1-10-2-3-12-8-22-15-7-11(17(20)21-9-18)4-5-13(15)16(19)14(12)6-10/h2-7,18H,8-9H2,1H3. The number of hydrogen-bond donors (Lipinski definition) is 1. The van der Waals surface area contributed by atoms with Crippen LogP contribution in [-0.4, -0.2) is 23.7 Å². The van der Waals surface area contributed by atoms with Gasteiger partial charge in [-0.2, -0.15) is 0 Å². The quantitative estimate of drug-likeness (QED) is 0.682. The van der Waals surface area contributed by atoms with E-state index in [1.807, 2.05) is 25.1 Å². The fraction of sp³-hybridized carbons (Fsp3) is 0.176. The number of fused-ring (bicyclic) bond motifs is 2. The first-order chi connectivity index (χ1) is 10.6. The summed E-state index contributed by atoms with van der Waals surface area (Å²) in [5.74, 6) is 0.0454. The van der Waals surface area contributed by atoms with Gasteiger partial charge in [0.15, 0.2) is 12.6 Å². The number of carbonyl (C=O) groups is 2. The molecule has 1 aliphatic rings. The fourth-order valence-electron chi connectivity index (χ4n) is 2.43. The largest absolute Gasteiger partial charge is 0.435 e. The van der Waals surface area contributed by atoms with Crippen LogP contribution < -0.4 is 0 Å². The normalized spacial score (nSPS) is 13.1. The average molecular weight is 314 g/mol. The van der Waals surface area contributed by atoms with E-state index in [-0.39, 0.29) is 5.78 Å². The molecule has 0 aromatic heterocycles. The zero-order chi connectivity index (χ0) is 15.7. The molecule has 0 unspecified atom stereocenters. The topological polar surface area (TPSA) is 63.6 Å². The Hall–Kier alpha value is -2.11. The number of aliphatic hydroxyl groups is 1. The van der Waals surface area contributed by atoms with Crippen molar-refractivity contribution >= 4 is 23.5 Å². The molecule has 4 nitrogen and oxygen atoms in total. The molecule has 5 heteroatoms. The maximum Gasteiger partial charge on any atom is 0.340 e. The minimum atomic E-state index is -0.660. The number of benzene rings is 2. The Morgan fingerprint density at radius 2 is 2.05 bits per heavy atom. The third-order valence-corrected chi connectivity index (χ3v) is 4.65. The van der Waals surface area contributed by atoms with Crippen molar-refractivity contribution in [2.75, 3.05) is 6.79 Å². The number of esters is 1. The van der Waals surface area contributed by atoms with Gasteiger partial charge in [-0.15, -0.1) is 11.8 Å². The molecule has 0 fully saturated rings. The molecule has 2 aromatic carbocycles. The van der Waals surface area contributed by atoms with Gasteiger partial charge in [-0.05, 0) is 36.8 Å². The monoisotopic (exact) mass is 314 g/mol. The predicted molar refractivity (Wildman–Crippen MR) is 83.1 cm³/mol. The number of thioether (sulfide) groups is 1. The van der Waals surface area contributed by atoms with Gasteiger partial charge in [-0.25, -0.2) is 4.79 Å². The molecule has 112 valence electrons. The molecule has 0 atom stereocenters. The number of ketones is 1. The Balaban J connectivity index is 2.04. The van der Waals surface area contributed by atoms with Gasteiger partial charge in [-0.1, -0.05) is 17.7 Å². The van der Waals surface area contributed by atoms with E-state index in [9.17, 15) is 9.59 Å². The molecular weight excluding hydrogens is 300 g/mol. The SMILES string of the molecule is Cc1ccc2c(c1)C(=O)c1ccc(C(=O)OCO)cc1SC2. The first-order valence-electron chi connectivity index (χ1n) is 6.79. The van der Waals surface area contributed by atoms with Gasteiger partial charge >= 0.3 is 5.97 Å². The highest BCUT2D eigenvalue weighted by Crippen LogP contribution is 2.34. The van der Waals surface area contributed by atoms with Crippen molar-refractivity contribution in [3.8, 4) is 0 Å². The summed E-state index contributed by atoms with van der Waals surface area (Å²) in [6, 6.07) is 10.7. The first kappa shape index (κ1) is 14.8. The Bertz CT molecular complexity index is 767. The van der Waals surface area contributed by atoms with Crippen LogP contribution >= 0.6 is 11.8 Å². The molecule has 0 aliphatic carbocycles. The van der Waals surface area contributed by atoms with E-state index in [4.69, 9.17) is 5.11 Å². The van der Waals surface area contributed by atoms with Crippen LogP contribution in [0.5, 0.6) is 0 Å². The third-order valence-electron chi connectivity index (χ3n) is 3.55. The maximum atomic E-state index is 12.7. The van der Waals surface area contributed by atoms with Crippen LogP contribution in [0.1, 0.15) is 37.4 Å². The van der Waals surface area contributed by atoms with Crippen LogP contribution in [0.3, 0.4) is 0 Å². The highest BCUT2D eigenvalue weighted by atomic mass is 32.2. The van der Waals surface area contributed by atoms with Gasteiger partial charge in [0.25, 0.3) is 0 Å². The molecule has 0 radical (unpaired) electrons. The molecule has 22 heavy (non-hydrogen) atoms. The summed E-state index contributed by atoms with van der Waals surface area (Å²) in [7, 11) is 0. The number of ether oxygens (including phenoxy) is 1. The number of rotatable bonds is 2. The van der Waals surface area contributed by atoms with Crippen molar-refractivity contribution in [3.63, 3.8) is 0 Å². The van der Waals surface area contributed by atoms with E-state index in [2.05, 4.69) is 4.74 Å². The highest BCUT2D eigenvalue weighted by Gasteiger charge is 2.23. The average Bonchev–Trinajstić information content (AvgIpc) is 2.65. The molecule has 1 aliphatic heterocycles.